The molecule has 23 heavy (non-hydrogen) atoms. The minimum atomic E-state index is -0.657. The Morgan fingerprint density at radius 1 is 0.957 bits per heavy atom. The van der Waals surface area contributed by atoms with Gasteiger partial charge < -0.3 is 10.6 Å². The fourth-order valence-electron chi connectivity index (χ4n) is 2.19. The average molecular weight is 311 g/mol. The molecule has 0 saturated carbocycles. The van der Waals surface area contributed by atoms with Crippen LogP contribution in [0.3, 0.4) is 0 Å². The second-order valence-electron chi connectivity index (χ2n) is 5.36. The van der Waals surface area contributed by atoms with Crippen LogP contribution in [-0.4, -0.2) is 19.0 Å². The molecule has 0 fully saturated rings. The quantitative estimate of drug-likeness (QED) is 0.813. The van der Waals surface area contributed by atoms with E-state index in [2.05, 4.69) is 16.0 Å². The molecule has 0 saturated heterocycles. The molecule has 3 N–H and O–H groups in total. The van der Waals surface area contributed by atoms with Crippen LogP contribution < -0.4 is 16.0 Å². The molecule has 0 unspecified atom stereocenters. The molecule has 0 bridgehead atoms. The van der Waals surface area contributed by atoms with E-state index in [0.29, 0.717) is 0 Å². The van der Waals surface area contributed by atoms with E-state index >= 15 is 0 Å². The summed E-state index contributed by atoms with van der Waals surface area (Å²) in [6, 6.07) is 14.0. The Bertz CT molecular complexity index is 699. The van der Waals surface area contributed by atoms with Gasteiger partial charge in [0.1, 0.15) is 6.04 Å². The first-order valence-electron chi connectivity index (χ1n) is 7.42. The van der Waals surface area contributed by atoms with Crippen molar-refractivity contribution in [2.24, 2.45) is 0 Å². The Labute approximate surface area is 136 Å². The van der Waals surface area contributed by atoms with Crippen LogP contribution in [-0.2, 0) is 4.79 Å². The maximum absolute atomic E-state index is 12.4. The minimum Gasteiger partial charge on any atom is -0.370 e. The third-order valence-corrected chi connectivity index (χ3v) is 3.68. The zero-order chi connectivity index (χ0) is 16.8. The van der Waals surface area contributed by atoms with Crippen molar-refractivity contribution in [1.82, 2.24) is 10.6 Å². The van der Waals surface area contributed by atoms with Crippen LogP contribution in [0.5, 0.6) is 0 Å². The van der Waals surface area contributed by atoms with E-state index in [0.717, 1.165) is 16.8 Å². The molecule has 0 aliphatic carbocycles. The van der Waals surface area contributed by atoms with Gasteiger partial charge in [-0.15, -0.1) is 0 Å². The van der Waals surface area contributed by atoms with Crippen LogP contribution in [0.2, 0.25) is 0 Å². The molecule has 5 heteroatoms. The first kappa shape index (κ1) is 16.5. The van der Waals surface area contributed by atoms with Gasteiger partial charge in [-0.3, -0.25) is 10.1 Å². The van der Waals surface area contributed by atoms with Crippen LogP contribution in [0, 0.1) is 13.8 Å². The van der Waals surface area contributed by atoms with Gasteiger partial charge in [0.2, 0.25) is 0 Å². The summed E-state index contributed by atoms with van der Waals surface area (Å²) in [6.45, 7) is 4.05. The van der Waals surface area contributed by atoms with Crippen molar-refractivity contribution < 1.29 is 9.59 Å². The molecule has 0 spiro atoms. The van der Waals surface area contributed by atoms with Crippen LogP contribution in [0.4, 0.5) is 10.5 Å². The average Bonchev–Trinajstić information content (AvgIpc) is 2.56. The van der Waals surface area contributed by atoms with E-state index in [-0.39, 0.29) is 0 Å². The molecule has 1 atom stereocenters. The molecule has 0 heterocycles. The number of carbonyl (C=O) groups excluding carboxylic acids is 2. The molecule has 0 aliphatic rings. The number of imide groups is 1. The molecule has 3 amide bonds. The van der Waals surface area contributed by atoms with E-state index < -0.39 is 18.0 Å². The summed E-state index contributed by atoms with van der Waals surface area (Å²) in [7, 11) is 1.47. The molecular formula is C18H21N3O2. The Morgan fingerprint density at radius 2 is 1.65 bits per heavy atom. The zero-order valence-corrected chi connectivity index (χ0v) is 13.5. The largest absolute Gasteiger partial charge is 0.370 e. The summed E-state index contributed by atoms with van der Waals surface area (Å²) >= 11 is 0. The zero-order valence-electron chi connectivity index (χ0n) is 13.5. The van der Waals surface area contributed by atoms with Crippen LogP contribution in [0.15, 0.2) is 48.5 Å². The van der Waals surface area contributed by atoms with Crippen molar-refractivity contribution in [3.63, 3.8) is 0 Å². The summed E-state index contributed by atoms with van der Waals surface area (Å²) in [6.07, 6.45) is 0. The second kappa shape index (κ2) is 7.45. The van der Waals surface area contributed by atoms with Gasteiger partial charge in [0.05, 0.1) is 0 Å². The fourth-order valence-corrected chi connectivity index (χ4v) is 2.19. The van der Waals surface area contributed by atoms with Gasteiger partial charge in [0.15, 0.2) is 0 Å². The highest BCUT2D eigenvalue weighted by molar-refractivity contribution is 5.98. The van der Waals surface area contributed by atoms with Gasteiger partial charge in [-0.25, -0.2) is 4.79 Å². The maximum Gasteiger partial charge on any atom is 0.321 e. The number of carbonyl (C=O) groups is 2. The van der Waals surface area contributed by atoms with Crippen LogP contribution in [0.25, 0.3) is 0 Å². The smallest absolute Gasteiger partial charge is 0.321 e. The van der Waals surface area contributed by atoms with Gasteiger partial charge in [0.25, 0.3) is 5.91 Å². The summed E-state index contributed by atoms with van der Waals surface area (Å²) < 4.78 is 0. The topological polar surface area (TPSA) is 70.2 Å². The summed E-state index contributed by atoms with van der Waals surface area (Å²) in [5.74, 6) is -0.409. The number of hydrogen-bond acceptors (Lipinski definition) is 3. The van der Waals surface area contributed by atoms with Gasteiger partial charge in [-0.05, 0) is 42.7 Å². The Morgan fingerprint density at radius 3 is 2.26 bits per heavy atom. The lowest BCUT2D eigenvalue weighted by atomic mass is 10.0. The van der Waals surface area contributed by atoms with Crippen molar-refractivity contribution in [1.29, 1.82) is 0 Å². The SMILES string of the molecule is CNC(=O)NC(=O)[C@H](Nc1ccc(C)c(C)c1)c1ccccc1. The molecule has 2 aromatic rings. The van der Waals surface area contributed by atoms with E-state index in [1.165, 1.54) is 12.6 Å². The van der Waals surface area contributed by atoms with E-state index in [1.54, 1.807) is 0 Å². The monoisotopic (exact) mass is 311 g/mol. The van der Waals surface area contributed by atoms with E-state index in [9.17, 15) is 9.59 Å². The predicted molar refractivity (Wildman–Crippen MR) is 91.3 cm³/mol. The number of anilines is 1. The van der Waals surface area contributed by atoms with Gasteiger partial charge in [0, 0.05) is 12.7 Å². The van der Waals surface area contributed by atoms with Crippen LogP contribution >= 0.6 is 0 Å². The molecule has 0 aromatic heterocycles. The Hall–Kier alpha value is -2.82. The lowest BCUT2D eigenvalue weighted by molar-refractivity contribution is -0.120. The predicted octanol–water partition coefficient (Wildman–Crippen LogP) is 2.91. The molecule has 120 valence electrons. The number of rotatable bonds is 4. The molecule has 2 rings (SSSR count). The first-order chi connectivity index (χ1) is 11.0. The number of nitrogens with one attached hydrogen (secondary N) is 3. The standard InChI is InChI=1S/C18H21N3O2/c1-12-9-10-15(11-13(12)2)20-16(14-7-5-4-6-8-14)17(22)21-18(23)19-3/h4-11,16,20H,1-3H3,(H2,19,21,22,23)/t16-/m1/s1. The third-order valence-electron chi connectivity index (χ3n) is 3.68. The lowest BCUT2D eigenvalue weighted by Gasteiger charge is -2.20. The van der Waals surface area contributed by atoms with E-state index in [4.69, 9.17) is 0 Å². The third kappa shape index (κ3) is 4.32. The molecule has 0 aliphatic heterocycles. The van der Waals surface area contributed by atoms with Crippen molar-refractivity contribution in [3.05, 3.63) is 65.2 Å². The minimum absolute atomic E-state index is 0.409. The lowest BCUT2D eigenvalue weighted by Crippen LogP contribution is -2.42. The summed E-state index contributed by atoms with van der Waals surface area (Å²) in [5, 5.41) is 7.91. The summed E-state index contributed by atoms with van der Waals surface area (Å²) in [4.78, 5) is 23.9. The highest BCUT2D eigenvalue weighted by atomic mass is 16.2. The van der Waals surface area contributed by atoms with Crippen molar-refractivity contribution in [2.45, 2.75) is 19.9 Å². The number of aryl methyl sites for hydroxylation is 2. The van der Waals surface area contributed by atoms with Crippen molar-refractivity contribution in [3.8, 4) is 0 Å². The number of benzene rings is 2. The van der Waals surface area contributed by atoms with E-state index in [1.807, 2.05) is 62.4 Å². The van der Waals surface area contributed by atoms with Gasteiger partial charge in [-0.1, -0.05) is 36.4 Å². The van der Waals surface area contributed by atoms with Gasteiger partial charge in [-0.2, -0.15) is 0 Å². The number of urea groups is 1. The Kier molecular flexibility index (Phi) is 5.36. The number of hydrogen-bond donors (Lipinski definition) is 3. The molecule has 2 aromatic carbocycles. The maximum atomic E-state index is 12.4. The molecule has 0 radical (unpaired) electrons. The molecule has 5 nitrogen and oxygen atoms in total. The van der Waals surface area contributed by atoms with Gasteiger partial charge >= 0.3 is 6.03 Å². The van der Waals surface area contributed by atoms with Crippen LogP contribution in [0.1, 0.15) is 22.7 Å². The van der Waals surface area contributed by atoms with Crippen molar-refractivity contribution in [2.75, 3.05) is 12.4 Å². The number of amides is 3. The molecular weight excluding hydrogens is 290 g/mol. The first-order valence-corrected chi connectivity index (χ1v) is 7.42. The Balaban J connectivity index is 2.28. The fraction of sp³-hybridized carbons (Fsp3) is 0.222. The normalized spacial score (nSPS) is 11.4. The summed E-state index contributed by atoms with van der Waals surface area (Å²) in [5.41, 5.74) is 3.93. The van der Waals surface area contributed by atoms with Crippen molar-refractivity contribution >= 4 is 17.6 Å². The second-order valence-corrected chi connectivity index (χ2v) is 5.36. The highest BCUT2D eigenvalue weighted by Gasteiger charge is 2.22. The highest BCUT2D eigenvalue weighted by Crippen LogP contribution is 2.22.